The second-order valence-electron chi connectivity index (χ2n) is 5.20. The van der Waals surface area contributed by atoms with Crippen LogP contribution in [0.3, 0.4) is 0 Å². The summed E-state index contributed by atoms with van der Waals surface area (Å²) in [6.07, 6.45) is 1.95. The van der Waals surface area contributed by atoms with Crippen molar-refractivity contribution >= 4 is 34.6 Å². The van der Waals surface area contributed by atoms with Gasteiger partial charge in [-0.25, -0.2) is 0 Å². The van der Waals surface area contributed by atoms with Gasteiger partial charge in [0.1, 0.15) is 0 Å². The summed E-state index contributed by atoms with van der Waals surface area (Å²) in [5.74, 6) is 0.502. The molecule has 1 heterocycles. The Bertz CT molecular complexity index is 491. The van der Waals surface area contributed by atoms with Crippen molar-refractivity contribution in [3.05, 3.63) is 32.3 Å². The van der Waals surface area contributed by atoms with Gasteiger partial charge in [-0.3, -0.25) is 10.1 Å². The van der Waals surface area contributed by atoms with Crippen molar-refractivity contribution in [2.24, 2.45) is 11.7 Å². The Morgan fingerprint density at radius 2 is 1.85 bits per heavy atom. The minimum atomic E-state index is -0.496. The average Bonchev–Trinajstić information content (AvgIpc) is 2.38. The summed E-state index contributed by atoms with van der Waals surface area (Å²) in [5, 5.41) is 11.4. The molecule has 0 spiro atoms. The highest BCUT2D eigenvalue weighted by atomic mass is 35.5. The number of halogens is 2. The van der Waals surface area contributed by atoms with Crippen LogP contribution in [0, 0.1) is 16.0 Å². The minimum Gasteiger partial charge on any atom is -0.369 e. The molecule has 0 aromatic heterocycles. The van der Waals surface area contributed by atoms with E-state index in [0.29, 0.717) is 21.7 Å². The highest BCUT2D eigenvalue weighted by Gasteiger charge is 2.25. The van der Waals surface area contributed by atoms with Crippen LogP contribution in [0.2, 0.25) is 10.0 Å². The van der Waals surface area contributed by atoms with E-state index < -0.39 is 4.92 Å². The Labute approximate surface area is 127 Å². The van der Waals surface area contributed by atoms with E-state index in [1.165, 1.54) is 12.1 Å². The van der Waals surface area contributed by atoms with Gasteiger partial charge in [0.15, 0.2) is 0 Å². The Balaban J connectivity index is 2.20. The molecule has 5 nitrogen and oxygen atoms in total. The molecule has 1 atom stereocenters. The number of nitrogens with zero attached hydrogens (tertiary/aromatic N) is 2. The first-order valence-electron chi connectivity index (χ1n) is 6.54. The molecule has 1 unspecified atom stereocenters. The normalized spacial score (nSPS) is 18.1. The number of benzene rings is 1. The van der Waals surface area contributed by atoms with Gasteiger partial charge >= 0.3 is 0 Å². The Hall–Kier alpha value is -1.04. The third kappa shape index (κ3) is 3.16. The monoisotopic (exact) mass is 317 g/mol. The quantitative estimate of drug-likeness (QED) is 0.684. The van der Waals surface area contributed by atoms with E-state index in [1.807, 2.05) is 6.92 Å². The molecule has 2 N–H and O–H groups in total. The van der Waals surface area contributed by atoms with Gasteiger partial charge in [-0.2, -0.15) is 0 Å². The maximum atomic E-state index is 10.8. The van der Waals surface area contributed by atoms with Crippen LogP contribution in [-0.2, 0) is 0 Å². The molecule has 0 radical (unpaired) electrons. The molecule has 1 fully saturated rings. The highest BCUT2D eigenvalue weighted by molar-refractivity contribution is 6.39. The summed E-state index contributed by atoms with van der Waals surface area (Å²) in [6, 6.07) is 2.88. The van der Waals surface area contributed by atoms with E-state index in [-0.39, 0.29) is 11.7 Å². The number of hydrogen-bond acceptors (Lipinski definition) is 4. The molecule has 1 saturated heterocycles. The summed E-state index contributed by atoms with van der Waals surface area (Å²) < 4.78 is 0. The van der Waals surface area contributed by atoms with Gasteiger partial charge in [-0.15, -0.1) is 0 Å². The van der Waals surface area contributed by atoms with Crippen molar-refractivity contribution in [3.8, 4) is 0 Å². The van der Waals surface area contributed by atoms with E-state index in [9.17, 15) is 10.1 Å². The molecule has 0 aliphatic carbocycles. The van der Waals surface area contributed by atoms with E-state index in [4.69, 9.17) is 28.9 Å². The zero-order valence-electron chi connectivity index (χ0n) is 11.2. The first-order chi connectivity index (χ1) is 9.40. The smallest absolute Gasteiger partial charge is 0.272 e. The average molecular weight is 318 g/mol. The van der Waals surface area contributed by atoms with E-state index in [1.54, 1.807) is 0 Å². The predicted molar refractivity (Wildman–Crippen MR) is 81.7 cm³/mol. The van der Waals surface area contributed by atoms with Crippen molar-refractivity contribution < 1.29 is 4.92 Å². The van der Waals surface area contributed by atoms with Crippen molar-refractivity contribution in [1.82, 2.24) is 0 Å². The highest BCUT2D eigenvalue weighted by Crippen LogP contribution is 2.39. The summed E-state index contributed by atoms with van der Waals surface area (Å²) in [6.45, 7) is 3.64. The Morgan fingerprint density at radius 1 is 1.35 bits per heavy atom. The van der Waals surface area contributed by atoms with Crippen LogP contribution in [0.1, 0.15) is 19.8 Å². The van der Waals surface area contributed by atoms with Crippen LogP contribution in [0.4, 0.5) is 11.4 Å². The van der Waals surface area contributed by atoms with Gasteiger partial charge in [0.2, 0.25) is 0 Å². The molecule has 2 rings (SSSR count). The second-order valence-corrected chi connectivity index (χ2v) is 6.01. The van der Waals surface area contributed by atoms with Crippen LogP contribution in [0.5, 0.6) is 0 Å². The van der Waals surface area contributed by atoms with E-state index in [0.717, 1.165) is 25.9 Å². The van der Waals surface area contributed by atoms with Gasteiger partial charge < -0.3 is 10.6 Å². The van der Waals surface area contributed by atoms with Crippen LogP contribution in [-0.4, -0.2) is 24.1 Å². The van der Waals surface area contributed by atoms with Crippen LogP contribution in [0.15, 0.2) is 12.1 Å². The first kappa shape index (κ1) is 15.4. The lowest BCUT2D eigenvalue weighted by molar-refractivity contribution is -0.384. The van der Waals surface area contributed by atoms with Crippen LogP contribution >= 0.6 is 23.2 Å². The second kappa shape index (κ2) is 6.16. The van der Waals surface area contributed by atoms with Crippen LogP contribution < -0.4 is 10.6 Å². The SMILES string of the molecule is CC(N)C1CCN(c2c(Cl)cc([N+](=O)[O-])cc2Cl)CC1. The lowest BCUT2D eigenvalue weighted by Crippen LogP contribution is -2.39. The Morgan fingerprint density at radius 3 is 2.25 bits per heavy atom. The van der Waals surface area contributed by atoms with Gasteiger partial charge in [-0.1, -0.05) is 23.2 Å². The fourth-order valence-corrected chi connectivity index (χ4v) is 3.32. The van der Waals surface area contributed by atoms with Crippen molar-refractivity contribution in [1.29, 1.82) is 0 Å². The number of hydrogen-bond donors (Lipinski definition) is 1. The van der Waals surface area contributed by atoms with Gasteiger partial charge in [-0.05, 0) is 25.7 Å². The number of rotatable bonds is 3. The number of anilines is 1. The van der Waals surface area contributed by atoms with Crippen molar-refractivity contribution in [3.63, 3.8) is 0 Å². The fraction of sp³-hybridized carbons (Fsp3) is 0.538. The third-order valence-corrected chi connectivity index (χ3v) is 4.39. The molecule has 0 saturated carbocycles. The predicted octanol–water partition coefficient (Wildman–Crippen LogP) is 3.47. The molecule has 0 amide bonds. The standard InChI is InChI=1S/C13H17Cl2N3O2/c1-8(16)9-2-4-17(5-3-9)13-11(14)6-10(18(19)20)7-12(13)15/h6-9H,2-5,16H2,1H3. The van der Waals surface area contributed by atoms with Crippen molar-refractivity contribution in [2.45, 2.75) is 25.8 Å². The summed E-state index contributed by atoms with van der Waals surface area (Å²) in [7, 11) is 0. The topological polar surface area (TPSA) is 72.4 Å². The van der Waals surface area contributed by atoms with Gasteiger partial charge in [0.05, 0.1) is 20.7 Å². The number of nitro benzene ring substituents is 1. The largest absolute Gasteiger partial charge is 0.369 e. The van der Waals surface area contributed by atoms with E-state index in [2.05, 4.69) is 4.90 Å². The molecule has 110 valence electrons. The molecule has 1 aromatic rings. The van der Waals surface area contributed by atoms with Gasteiger partial charge in [0.25, 0.3) is 5.69 Å². The molecule has 0 bridgehead atoms. The number of piperidine rings is 1. The zero-order chi connectivity index (χ0) is 14.9. The summed E-state index contributed by atoms with van der Waals surface area (Å²) in [4.78, 5) is 12.4. The molecular weight excluding hydrogens is 301 g/mol. The molecule has 7 heteroatoms. The molecule has 1 aliphatic heterocycles. The number of nitro groups is 1. The molecule has 20 heavy (non-hydrogen) atoms. The first-order valence-corrected chi connectivity index (χ1v) is 7.29. The van der Waals surface area contributed by atoms with E-state index >= 15 is 0 Å². The number of nitrogens with two attached hydrogens (primary N) is 1. The zero-order valence-corrected chi connectivity index (χ0v) is 12.7. The lowest BCUT2D eigenvalue weighted by atomic mass is 9.91. The maximum absolute atomic E-state index is 10.8. The molecular formula is C13H17Cl2N3O2. The molecule has 1 aliphatic rings. The molecule has 1 aromatic carbocycles. The lowest BCUT2D eigenvalue weighted by Gasteiger charge is -2.36. The fourth-order valence-electron chi connectivity index (χ4n) is 2.61. The van der Waals surface area contributed by atoms with Gasteiger partial charge in [0, 0.05) is 31.3 Å². The summed E-state index contributed by atoms with van der Waals surface area (Å²) >= 11 is 12.3. The summed E-state index contributed by atoms with van der Waals surface area (Å²) in [5.41, 5.74) is 6.51. The van der Waals surface area contributed by atoms with Crippen LogP contribution in [0.25, 0.3) is 0 Å². The maximum Gasteiger partial charge on any atom is 0.272 e. The Kier molecular flexibility index (Phi) is 4.73. The minimum absolute atomic E-state index is 0.0887. The third-order valence-electron chi connectivity index (χ3n) is 3.81. The number of non-ortho nitro benzene ring substituents is 1. The van der Waals surface area contributed by atoms with Crippen molar-refractivity contribution in [2.75, 3.05) is 18.0 Å².